The van der Waals surface area contributed by atoms with Crippen LogP contribution in [0.3, 0.4) is 0 Å². The first kappa shape index (κ1) is 19.8. The van der Waals surface area contributed by atoms with Gasteiger partial charge in [-0.3, -0.25) is 9.59 Å². The van der Waals surface area contributed by atoms with E-state index in [9.17, 15) is 19.8 Å². The molecule has 6 nitrogen and oxygen atoms in total. The van der Waals surface area contributed by atoms with Crippen LogP contribution in [0, 0.1) is 6.92 Å². The highest BCUT2D eigenvalue weighted by atomic mass is 16.3. The number of benzene rings is 3. The second-order valence-electron chi connectivity index (χ2n) is 8.81. The molecule has 164 valence electrons. The number of nitrogens with one attached hydrogen (secondary N) is 1. The highest BCUT2D eigenvalue weighted by Gasteiger charge is 2.58. The number of nitrogens with zero attached hydrogens (tertiary/aromatic N) is 1. The zero-order chi connectivity index (χ0) is 22.9. The Morgan fingerprint density at radius 3 is 2.45 bits per heavy atom. The maximum Gasteiger partial charge on any atom is 0.256 e. The molecule has 0 fully saturated rings. The second-order valence-corrected chi connectivity index (χ2v) is 8.81. The lowest BCUT2D eigenvalue weighted by Crippen LogP contribution is -2.52. The molecule has 6 heteroatoms. The summed E-state index contributed by atoms with van der Waals surface area (Å²) < 4.78 is 0. The van der Waals surface area contributed by atoms with Crippen molar-refractivity contribution in [3.63, 3.8) is 0 Å². The van der Waals surface area contributed by atoms with Crippen molar-refractivity contribution in [2.24, 2.45) is 0 Å². The third-order valence-corrected chi connectivity index (χ3v) is 6.99. The van der Waals surface area contributed by atoms with Crippen molar-refractivity contribution < 1.29 is 19.8 Å². The van der Waals surface area contributed by atoms with Gasteiger partial charge in [0.25, 0.3) is 5.91 Å². The SMILES string of the molecule is Cc1ccc(O)c([C@@H]2C3=C(NCCN4C(=O)c5ccccc5[C@@]24O)c2ccccc2C3=O)c1. The standard InChI is InChI=1S/C27H22N2O4/c1-15-10-11-21(30)19(14-15)23-22-24(16-6-2-3-7-17(16)25(22)31)28-12-13-29-26(32)18-8-4-5-9-20(18)27(23,29)33/h2-11,14,23,28,30,33H,12-13H2,1H3/t23-,27-/m1/s1. The molecule has 2 aliphatic heterocycles. The van der Waals surface area contributed by atoms with Gasteiger partial charge in [-0.25, -0.2) is 0 Å². The molecule has 6 rings (SSSR count). The summed E-state index contributed by atoms with van der Waals surface area (Å²) in [5.74, 6) is -1.54. The molecule has 0 unspecified atom stereocenters. The van der Waals surface area contributed by atoms with E-state index in [1.807, 2.05) is 25.1 Å². The lowest BCUT2D eigenvalue weighted by atomic mass is 9.76. The summed E-state index contributed by atoms with van der Waals surface area (Å²) in [4.78, 5) is 28.6. The summed E-state index contributed by atoms with van der Waals surface area (Å²) in [6.07, 6.45) is 0. The molecule has 3 aromatic carbocycles. The lowest BCUT2D eigenvalue weighted by Gasteiger charge is -2.43. The molecule has 3 aromatic rings. The van der Waals surface area contributed by atoms with Gasteiger partial charge in [0.15, 0.2) is 11.5 Å². The smallest absolute Gasteiger partial charge is 0.256 e. The predicted molar refractivity (Wildman–Crippen MR) is 123 cm³/mol. The fraction of sp³-hybridized carbons (Fsp3) is 0.185. The molecule has 0 spiro atoms. The fourth-order valence-corrected chi connectivity index (χ4v) is 5.56. The van der Waals surface area contributed by atoms with Crippen molar-refractivity contribution in [3.05, 3.63) is 106 Å². The zero-order valence-electron chi connectivity index (χ0n) is 18.0. The van der Waals surface area contributed by atoms with Gasteiger partial charge in [-0.15, -0.1) is 0 Å². The van der Waals surface area contributed by atoms with Crippen molar-refractivity contribution in [1.82, 2.24) is 10.2 Å². The summed E-state index contributed by atoms with van der Waals surface area (Å²) in [6.45, 7) is 2.50. The molecule has 3 N–H and O–H groups in total. The number of ketones is 1. The van der Waals surface area contributed by atoms with Crippen molar-refractivity contribution in [2.45, 2.75) is 18.6 Å². The summed E-state index contributed by atoms with van der Waals surface area (Å²) >= 11 is 0. The van der Waals surface area contributed by atoms with Gasteiger partial charge in [0.2, 0.25) is 0 Å². The molecule has 1 aliphatic carbocycles. The minimum absolute atomic E-state index is 0.0352. The summed E-state index contributed by atoms with van der Waals surface area (Å²) in [6, 6.07) is 19.4. The Morgan fingerprint density at radius 1 is 0.970 bits per heavy atom. The molecule has 33 heavy (non-hydrogen) atoms. The van der Waals surface area contributed by atoms with E-state index in [4.69, 9.17) is 0 Å². The number of hydrogen-bond donors (Lipinski definition) is 3. The first-order chi connectivity index (χ1) is 15.9. The van der Waals surface area contributed by atoms with Crippen LogP contribution in [-0.4, -0.2) is 39.9 Å². The van der Waals surface area contributed by atoms with Crippen LogP contribution in [0.25, 0.3) is 5.70 Å². The van der Waals surface area contributed by atoms with E-state index in [1.165, 1.54) is 4.90 Å². The number of phenolic OH excluding ortho intramolecular Hbond substituents is 1. The number of fused-ring (bicyclic) bond motifs is 5. The second kappa shape index (κ2) is 6.80. The van der Waals surface area contributed by atoms with Crippen LogP contribution in [0.1, 0.15) is 48.9 Å². The zero-order valence-corrected chi connectivity index (χ0v) is 18.0. The number of Topliss-reactive ketones (excluding diaryl/α,β-unsaturated/α-hetero) is 1. The molecule has 2 heterocycles. The number of carbonyl (C=O) groups excluding carboxylic acids is 2. The number of carbonyl (C=O) groups is 2. The number of hydrogen-bond acceptors (Lipinski definition) is 5. The molecular formula is C27H22N2O4. The van der Waals surface area contributed by atoms with Gasteiger partial charge < -0.3 is 20.4 Å². The van der Waals surface area contributed by atoms with E-state index >= 15 is 0 Å². The average Bonchev–Trinajstić information content (AvgIpc) is 3.20. The predicted octanol–water partition coefficient (Wildman–Crippen LogP) is 3.30. The van der Waals surface area contributed by atoms with E-state index in [0.29, 0.717) is 40.1 Å². The normalized spacial score (nSPS) is 23.3. The number of rotatable bonds is 1. The first-order valence-corrected chi connectivity index (χ1v) is 11.0. The largest absolute Gasteiger partial charge is 0.508 e. The van der Waals surface area contributed by atoms with Crippen LogP contribution < -0.4 is 5.32 Å². The van der Waals surface area contributed by atoms with Gasteiger partial charge in [0.05, 0.1) is 11.6 Å². The van der Waals surface area contributed by atoms with Crippen LogP contribution in [0.4, 0.5) is 0 Å². The van der Waals surface area contributed by atoms with E-state index in [1.54, 1.807) is 48.5 Å². The Morgan fingerprint density at radius 2 is 1.67 bits per heavy atom. The van der Waals surface area contributed by atoms with Gasteiger partial charge in [0.1, 0.15) is 5.75 Å². The van der Waals surface area contributed by atoms with Gasteiger partial charge >= 0.3 is 0 Å². The third kappa shape index (κ3) is 2.52. The van der Waals surface area contributed by atoms with Gasteiger partial charge in [-0.05, 0) is 19.1 Å². The number of amides is 1. The molecule has 0 radical (unpaired) electrons. The highest BCUT2D eigenvalue weighted by molar-refractivity contribution is 6.21. The number of aryl methyl sites for hydroxylation is 1. The summed E-state index contributed by atoms with van der Waals surface area (Å²) in [7, 11) is 0. The Hall–Kier alpha value is -3.90. The summed E-state index contributed by atoms with van der Waals surface area (Å²) in [5.41, 5.74) is 2.60. The molecule has 0 saturated heterocycles. The molecule has 0 aromatic heterocycles. The number of phenols is 1. The number of aliphatic hydroxyl groups is 1. The molecule has 2 atom stereocenters. The molecular weight excluding hydrogens is 416 g/mol. The van der Waals surface area contributed by atoms with Crippen LogP contribution >= 0.6 is 0 Å². The quantitative estimate of drug-likeness (QED) is 0.543. The van der Waals surface area contributed by atoms with Crippen LogP contribution in [0.5, 0.6) is 5.75 Å². The Balaban J connectivity index is 1.71. The maximum absolute atomic E-state index is 13.8. The van der Waals surface area contributed by atoms with Crippen LogP contribution in [-0.2, 0) is 5.72 Å². The molecule has 0 saturated carbocycles. The van der Waals surface area contributed by atoms with Crippen molar-refractivity contribution >= 4 is 17.4 Å². The first-order valence-electron chi connectivity index (χ1n) is 11.0. The average molecular weight is 438 g/mol. The van der Waals surface area contributed by atoms with Crippen molar-refractivity contribution in [2.75, 3.05) is 13.1 Å². The highest BCUT2D eigenvalue weighted by Crippen LogP contribution is 2.55. The van der Waals surface area contributed by atoms with Crippen molar-refractivity contribution in [1.29, 1.82) is 0 Å². The molecule has 3 aliphatic rings. The molecule has 0 bridgehead atoms. The number of aromatic hydroxyl groups is 1. The van der Waals surface area contributed by atoms with Crippen molar-refractivity contribution in [3.8, 4) is 5.75 Å². The minimum Gasteiger partial charge on any atom is -0.508 e. The van der Waals surface area contributed by atoms with Crippen LogP contribution in [0.2, 0.25) is 0 Å². The maximum atomic E-state index is 13.8. The topological polar surface area (TPSA) is 89.9 Å². The third-order valence-electron chi connectivity index (χ3n) is 6.99. The van der Waals surface area contributed by atoms with E-state index in [0.717, 1.165) is 11.1 Å². The minimum atomic E-state index is -1.83. The Kier molecular flexibility index (Phi) is 4.07. The van der Waals surface area contributed by atoms with E-state index in [-0.39, 0.29) is 24.0 Å². The summed E-state index contributed by atoms with van der Waals surface area (Å²) in [5, 5.41) is 26.8. The Bertz CT molecular complexity index is 1390. The van der Waals surface area contributed by atoms with Gasteiger partial charge in [0, 0.05) is 46.5 Å². The van der Waals surface area contributed by atoms with Gasteiger partial charge in [-0.2, -0.15) is 0 Å². The fourth-order valence-electron chi connectivity index (χ4n) is 5.56. The lowest BCUT2D eigenvalue weighted by molar-refractivity contribution is -0.0972. The Labute approximate surface area is 190 Å². The monoisotopic (exact) mass is 438 g/mol. The molecule has 1 amide bonds. The van der Waals surface area contributed by atoms with E-state index < -0.39 is 11.6 Å². The van der Waals surface area contributed by atoms with E-state index in [2.05, 4.69) is 5.32 Å². The van der Waals surface area contributed by atoms with Crippen LogP contribution in [0.15, 0.2) is 72.3 Å². The van der Waals surface area contributed by atoms with Gasteiger partial charge in [-0.1, -0.05) is 60.2 Å².